The molecule has 2 nitrogen and oxygen atoms in total. The average Bonchev–Trinajstić information content (AvgIpc) is 3.64. The van der Waals surface area contributed by atoms with Gasteiger partial charge in [-0.05, 0) is 84.9 Å². The molecule has 0 spiro atoms. The zero-order valence-electron chi connectivity index (χ0n) is 27.0. The Kier molecular flexibility index (Phi) is 6.17. The topological polar surface area (TPSA) is 9.86 Å². The van der Waals surface area contributed by atoms with Crippen LogP contribution in [0.15, 0.2) is 157 Å². The highest BCUT2D eigenvalue weighted by molar-refractivity contribution is 6.23. The van der Waals surface area contributed by atoms with Gasteiger partial charge in [-0.1, -0.05) is 127 Å². The monoisotopic (exact) mass is 604 g/mol. The molecule has 226 valence electrons. The van der Waals surface area contributed by atoms with Gasteiger partial charge in [0.15, 0.2) is 0 Å². The number of aromatic nitrogens is 2. The highest BCUT2D eigenvalue weighted by Gasteiger charge is 2.33. The summed E-state index contributed by atoms with van der Waals surface area (Å²) in [5.74, 6) is 0. The van der Waals surface area contributed by atoms with Crippen LogP contribution in [0.1, 0.15) is 31.4 Å². The molecule has 6 aromatic carbocycles. The molecule has 0 aliphatic heterocycles. The average molecular weight is 605 g/mol. The number of hydrogen-bond acceptors (Lipinski definition) is 0. The first-order valence-electron chi connectivity index (χ1n) is 16.6. The molecule has 2 heteroatoms. The van der Waals surface area contributed by atoms with Crippen LogP contribution in [0.3, 0.4) is 0 Å². The van der Waals surface area contributed by atoms with E-state index in [0.29, 0.717) is 0 Å². The standard InChI is InChI=1S/C45H36N2/c1-30-26-27-45(3,29-40(30)35-23-22-33(28-31(35)2)32-14-6-4-7-15-32)47-42-21-13-11-19-37(42)39-25-24-38-36-18-10-12-20-41(36)46(43(38)44(39)47)34-16-8-5-9-17-34/h4-26,28-29H,27H2,1-3H3. The van der Waals surface area contributed by atoms with Crippen molar-refractivity contribution in [1.29, 1.82) is 0 Å². The molecule has 0 radical (unpaired) electrons. The summed E-state index contributed by atoms with van der Waals surface area (Å²) < 4.78 is 5.13. The number of hydrogen-bond donors (Lipinski definition) is 0. The first-order valence-corrected chi connectivity index (χ1v) is 16.6. The maximum atomic E-state index is 2.65. The SMILES string of the molecule is CC1=CCC(C)(n2c3ccccc3c3ccc4c5ccccc5n(-c5ccccc5)c4c32)C=C1c1ccc(-c2ccccc2)cc1C. The van der Waals surface area contributed by atoms with Gasteiger partial charge in [0.05, 0.1) is 22.1 Å². The smallest absolute Gasteiger partial charge is 0.0785 e. The maximum absolute atomic E-state index is 2.65. The summed E-state index contributed by atoms with van der Waals surface area (Å²) in [6.07, 6.45) is 5.92. The minimum Gasteiger partial charge on any atom is -0.329 e. The molecule has 8 aromatic rings. The van der Waals surface area contributed by atoms with Gasteiger partial charge in [0.2, 0.25) is 0 Å². The lowest BCUT2D eigenvalue weighted by Gasteiger charge is -2.34. The van der Waals surface area contributed by atoms with Crippen LogP contribution in [0, 0.1) is 6.92 Å². The fraction of sp³-hybridized carbons (Fsp3) is 0.111. The van der Waals surface area contributed by atoms with E-state index in [1.807, 2.05) is 0 Å². The van der Waals surface area contributed by atoms with Crippen molar-refractivity contribution >= 4 is 49.2 Å². The van der Waals surface area contributed by atoms with Crippen LogP contribution in [0.4, 0.5) is 0 Å². The molecule has 2 heterocycles. The first-order chi connectivity index (χ1) is 23.0. The lowest BCUT2D eigenvalue weighted by Crippen LogP contribution is -2.29. The van der Waals surface area contributed by atoms with Gasteiger partial charge in [0.25, 0.3) is 0 Å². The Morgan fingerprint density at radius 2 is 1.17 bits per heavy atom. The molecule has 9 rings (SSSR count). The number of benzene rings is 6. The minimum atomic E-state index is -0.299. The largest absolute Gasteiger partial charge is 0.329 e. The summed E-state index contributed by atoms with van der Waals surface area (Å²) in [5, 5.41) is 5.14. The third kappa shape index (κ3) is 4.18. The predicted molar refractivity (Wildman–Crippen MR) is 200 cm³/mol. The normalized spacial score (nSPS) is 16.7. The van der Waals surface area contributed by atoms with E-state index >= 15 is 0 Å². The predicted octanol–water partition coefficient (Wildman–Crippen LogP) is 12.0. The van der Waals surface area contributed by atoms with Gasteiger partial charge < -0.3 is 9.13 Å². The van der Waals surface area contributed by atoms with Crippen LogP contribution in [0.2, 0.25) is 0 Å². The molecule has 1 aliphatic carbocycles. The summed E-state index contributed by atoms with van der Waals surface area (Å²) in [4.78, 5) is 0. The Labute approximate surface area is 275 Å². The van der Waals surface area contributed by atoms with E-state index in [9.17, 15) is 0 Å². The fourth-order valence-corrected chi connectivity index (χ4v) is 8.05. The molecule has 1 atom stereocenters. The Bertz CT molecular complexity index is 2560. The van der Waals surface area contributed by atoms with Gasteiger partial charge in [-0.15, -0.1) is 0 Å². The van der Waals surface area contributed by atoms with Crippen LogP contribution < -0.4 is 0 Å². The van der Waals surface area contributed by atoms with Crippen LogP contribution in [-0.2, 0) is 5.54 Å². The van der Waals surface area contributed by atoms with Gasteiger partial charge in [-0.25, -0.2) is 0 Å². The van der Waals surface area contributed by atoms with Crippen molar-refractivity contribution in [3.05, 3.63) is 168 Å². The molecular formula is C45H36N2. The second kappa shape index (κ2) is 10.5. The summed E-state index contributed by atoms with van der Waals surface area (Å²) in [7, 11) is 0. The van der Waals surface area contributed by atoms with E-state index in [1.54, 1.807) is 0 Å². The molecule has 0 saturated heterocycles. The Morgan fingerprint density at radius 1 is 0.553 bits per heavy atom. The molecule has 2 aromatic heterocycles. The molecule has 1 unspecified atom stereocenters. The molecule has 0 N–H and O–H groups in total. The lowest BCUT2D eigenvalue weighted by atomic mass is 9.81. The van der Waals surface area contributed by atoms with Crippen molar-refractivity contribution in [2.45, 2.75) is 32.7 Å². The number of fused-ring (bicyclic) bond motifs is 7. The van der Waals surface area contributed by atoms with E-state index in [0.717, 1.165) is 6.42 Å². The van der Waals surface area contributed by atoms with Crippen LogP contribution in [-0.4, -0.2) is 9.13 Å². The lowest BCUT2D eigenvalue weighted by molar-refractivity contribution is 0.438. The fourth-order valence-electron chi connectivity index (χ4n) is 8.05. The molecule has 0 amide bonds. The van der Waals surface area contributed by atoms with E-state index in [4.69, 9.17) is 0 Å². The molecular weight excluding hydrogens is 569 g/mol. The van der Waals surface area contributed by atoms with Crippen molar-refractivity contribution in [3.63, 3.8) is 0 Å². The Hall–Kier alpha value is -5.60. The third-order valence-electron chi connectivity index (χ3n) is 10.3. The number of aryl methyl sites for hydroxylation is 1. The van der Waals surface area contributed by atoms with E-state index in [2.05, 4.69) is 182 Å². The van der Waals surface area contributed by atoms with Crippen molar-refractivity contribution in [2.24, 2.45) is 0 Å². The molecule has 0 bridgehead atoms. The second-order valence-corrected chi connectivity index (χ2v) is 13.3. The van der Waals surface area contributed by atoms with Gasteiger partial charge in [0.1, 0.15) is 0 Å². The van der Waals surface area contributed by atoms with E-state index in [-0.39, 0.29) is 5.54 Å². The van der Waals surface area contributed by atoms with Crippen LogP contribution in [0.25, 0.3) is 66.0 Å². The van der Waals surface area contributed by atoms with Crippen molar-refractivity contribution in [1.82, 2.24) is 9.13 Å². The van der Waals surface area contributed by atoms with Crippen molar-refractivity contribution in [2.75, 3.05) is 0 Å². The highest BCUT2D eigenvalue weighted by atomic mass is 15.1. The van der Waals surface area contributed by atoms with E-state index < -0.39 is 0 Å². The van der Waals surface area contributed by atoms with Gasteiger partial charge in [0, 0.05) is 32.7 Å². The summed E-state index contributed by atoms with van der Waals surface area (Å²) in [6.45, 7) is 6.95. The van der Waals surface area contributed by atoms with Crippen molar-refractivity contribution in [3.8, 4) is 16.8 Å². The molecule has 0 fully saturated rings. The zero-order valence-corrected chi connectivity index (χ0v) is 27.0. The number of nitrogens with zero attached hydrogens (tertiary/aromatic N) is 2. The second-order valence-electron chi connectivity index (χ2n) is 13.3. The van der Waals surface area contributed by atoms with Crippen molar-refractivity contribution < 1.29 is 0 Å². The molecule has 0 saturated carbocycles. The first kappa shape index (κ1) is 27.7. The summed E-state index contributed by atoms with van der Waals surface area (Å²) in [6, 6.07) is 50.9. The van der Waals surface area contributed by atoms with Gasteiger partial charge in [-0.3, -0.25) is 0 Å². The summed E-state index contributed by atoms with van der Waals surface area (Å²) >= 11 is 0. The summed E-state index contributed by atoms with van der Waals surface area (Å²) in [5.41, 5.74) is 13.7. The Morgan fingerprint density at radius 3 is 1.89 bits per heavy atom. The van der Waals surface area contributed by atoms with Crippen LogP contribution >= 0.6 is 0 Å². The number of rotatable bonds is 4. The minimum absolute atomic E-state index is 0.299. The Balaban J connectivity index is 1.35. The molecule has 47 heavy (non-hydrogen) atoms. The van der Waals surface area contributed by atoms with Gasteiger partial charge >= 0.3 is 0 Å². The molecule has 1 aliphatic rings. The van der Waals surface area contributed by atoms with Crippen LogP contribution in [0.5, 0.6) is 0 Å². The maximum Gasteiger partial charge on any atom is 0.0785 e. The number of allylic oxidation sites excluding steroid dienone is 4. The third-order valence-corrected chi connectivity index (χ3v) is 10.3. The quantitative estimate of drug-likeness (QED) is 0.189. The van der Waals surface area contributed by atoms with Gasteiger partial charge in [-0.2, -0.15) is 0 Å². The van der Waals surface area contributed by atoms with E-state index in [1.165, 1.54) is 82.7 Å². The highest BCUT2D eigenvalue weighted by Crippen LogP contribution is 2.46. The number of para-hydroxylation sites is 3. The zero-order chi connectivity index (χ0) is 31.7.